The molecule has 2 aromatic heterocycles. The summed E-state index contributed by atoms with van der Waals surface area (Å²) in [6, 6.07) is 20.6. The molecule has 1 aliphatic rings. The van der Waals surface area contributed by atoms with Gasteiger partial charge in [0.1, 0.15) is 5.75 Å². The molecule has 0 unspecified atom stereocenters. The number of amides is 1. The molecule has 0 radical (unpaired) electrons. The molecule has 0 aliphatic carbocycles. The van der Waals surface area contributed by atoms with E-state index in [-0.39, 0.29) is 18.9 Å². The Balaban J connectivity index is 1.46. The van der Waals surface area contributed by atoms with Crippen molar-refractivity contribution in [3.63, 3.8) is 0 Å². The number of halogens is 3. The van der Waals surface area contributed by atoms with E-state index in [1.807, 2.05) is 29.2 Å². The Labute approximate surface area is 234 Å². The number of nitrogens with one attached hydrogen (secondary N) is 2. The zero-order chi connectivity index (χ0) is 28.3. The van der Waals surface area contributed by atoms with Crippen LogP contribution in [0, 0.1) is 0 Å². The SMILES string of the molecule is COc1ccccc1NC(=O)CCN1C(=S)N[C@@H](c2ccccn2)[C@@H]1c1cccn1-c1cccc(C(F)(F)F)c1. The molecule has 1 amide bonds. The van der Waals surface area contributed by atoms with E-state index < -0.39 is 23.8 Å². The fourth-order valence-electron chi connectivity index (χ4n) is 4.85. The summed E-state index contributed by atoms with van der Waals surface area (Å²) < 4.78 is 47.5. The molecule has 206 valence electrons. The molecular formula is C29H26F3N5O2S. The monoisotopic (exact) mass is 565 g/mol. The molecule has 0 saturated carbocycles. The number of rotatable bonds is 8. The lowest BCUT2D eigenvalue weighted by Crippen LogP contribution is -2.33. The smallest absolute Gasteiger partial charge is 0.416 e. The van der Waals surface area contributed by atoms with Crippen LogP contribution in [0.4, 0.5) is 18.9 Å². The average Bonchev–Trinajstić information content (AvgIpc) is 3.56. The number of hydrogen-bond acceptors (Lipinski definition) is 4. The van der Waals surface area contributed by atoms with Gasteiger partial charge in [-0.25, -0.2) is 0 Å². The third-order valence-corrected chi connectivity index (χ3v) is 7.05. The van der Waals surface area contributed by atoms with Crippen LogP contribution in [-0.2, 0) is 11.0 Å². The minimum atomic E-state index is -4.48. The Kier molecular flexibility index (Phi) is 7.74. The molecule has 0 bridgehead atoms. The number of carbonyl (C=O) groups excluding carboxylic acids is 1. The highest BCUT2D eigenvalue weighted by Gasteiger charge is 2.41. The second-order valence-electron chi connectivity index (χ2n) is 9.17. The van der Waals surface area contributed by atoms with Crippen LogP contribution < -0.4 is 15.4 Å². The molecule has 5 rings (SSSR count). The van der Waals surface area contributed by atoms with Crippen LogP contribution in [0.5, 0.6) is 5.75 Å². The summed E-state index contributed by atoms with van der Waals surface area (Å²) in [6.45, 7) is 0.259. The number of anilines is 1. The molecule has 7 nitrogen and oxygen atoms in total. The van der Waals surface area contributed by atoms with E-state index in [1.165, 1.54) is 13.2 Å². The number of para-hydroxylation sites is 2. The maximum Gasteiger partial charge on any atom is 0.416 e. The van der Waals surface area contributed by atoms with Gasteiger partial charge in [0.15, 0.2) is 5.11 Å². The first-order valence-electron chi connectivity index (χ1n) is 12.5. The molecule has 1 saturated heterocycles. The fourth-order valence-corrected chi connectivity index (χ4v) is 5.18. The highest BCUT2D eigenvalue weighted by Crippen LogP contribution is 2.40. The lowest BCUT2D eigenvalue weighted by molar-refractivity contribution is -0.137. The summed E-state index contributed by atoms with van der Waals surface area (Å²) in [5, 5.41) is 6.61. The lowest BCUT2D eigenvalue weighted by atomic mass is 10.0. The zero-order valence-electron chi connectivity index (χ0n) is 21.4. The Hall–Kier alpha value is -4.38. The van der Waals surface area contributed by atoms with Gasteiger partial charge in [0, 0.05) is 36.7 Å². The van der Waals surface area contributed by atoms with E-state index in [0.717, 1.165) is 12.1 Å². The van der Waals surface area contributed by atoms with Crippen molar-refractivity contribution in [1.82, 2.24) is 19.8 Å². The number of methoxy groups -OCH3 is 1. The third-order valence-electron chi connectivity index (χ3n) is 6.69. The summed E-state index contributed by atoms with van der Waals surface area (Å²) in [7, 11) is 1.53. The lowest BCUT2D eigenvalue weighted by Gasteiger charge is -2.29. The topological polar surface area (TPSA) is 71.4 Å². The molecule has 11 heteroatoms. The van der Waals surface area contributed by atoms with Crippen molar-refractivity contribution in [2.75, 3.05) is 19.0 Å². The summed E-state index contributed by atoms with van der Waals surface area (Å²) in [6.07, 6.45) is -0.979. The Morgan fingerprint density at radius 3 is 2.62 bits per heavy atom. The number of benzene rings is 2. The standard InChI is InChI=1S/C29H26F3N5O2S/c1-39-24-13-3-2-10-21(24)34-25(38)14-17-37-27(26(35-28(37)40)22-11-4-5-15-33-22)23-12-7-16-36(23)20-9-6-8-19(18-20)29(30,31)32/h2-13,15-16,18,26-27H,14,17H2,1H3,(H,34,38)(H,35,40)/t26-,27-/m0/s1. The van der Waals surface area contributed by atoms with E-state index in [0.29, 0.717) is 33.6 Å². The van der Waals surface area contributed by atoms with Gasteiger partial charge < -0.3 is 24.8 Å². The summed E-state index contributed by atoms with van der Waals surface area (Å²) in [4.78, 5) is 19.3. The molecule has 3 heterocycles. The first-order chi connectivity index (χ1) is 19.3. The first kappa shape index (κ1) is 27.2. The summed E-state index contributed by atoms with van der Waals surface area (Å²) in [5.41, 5.74) is 1.59. The van der Waals surface area contributed by atoms with Gasteiger partial charge in [0.25, 0.3) is 0 Å². The van der Waals surface area contributed by atoms with Crippen molar-refractivity contribution in [1.29, 1.82) is 0 Å². The molecule has 2 aromatic carbocycles. The maximum atomic E-state index is 13.5. The summed E-state index contributed by atoms with van der Waals surface area (Å²) in [5.74, 6) is 0.307. The summed E-state index contributed by atoms with van der Waals surface area (Å²) >= 11 is 5.70. The van der Waals surface area contributed by atoms with Crippen molar-refractivity contribution in [2.24, 2.45) is 0 Å². The van der Waals surface area contributed by atoms with Gasteiger partial charge in [-0.15, -0.1) is 0 Å². The molecule has 1 fully saturated rings. The van der Waals surface area contributed by atoms with Crippen LogP contribution in [-0.4, -0.2) is 39.1 Å². The van der Waals surface area contributed by atoms with Crippen LogP contribution in [0.25, 0.3) is 5.69 Å². The van der Waals surface area contributed by atoms with Crippen molar-refractivity contribution in [2.45, 2.75) is 24.7 Å². The minimum Gasteiger partial charge on any atom is -0.495 e. The van der Waals surface area contributed by atoms with E-state index in [9.17, 15) is 18.0 Å². The van der Waals surface area contributed by atoms with E-state index in [4.69, 9.17) is 17.0 Å². The highest BCUT2D eigenvalue weighted by molar-refractivity contribution is 7.80. The van der Waals surface area contributed by atoms with Gasteiger partial charge in [-0.3, -0.25) is 9.78 Å². The number of nitrogens with zero attached hydrogens (tertiary/aromatic N) is 3. The quantitative estimate of drug-likeness (QED) is 0.259. The van der Waals surface area contributed by atoms with Gasteiger partial charge in [-0.2, -0.15) is 13.2 Å². The van der Waals surface area contributed by atoms with E-state index in [1.54, 1.807) is 53.4 Å². The van der Waals surface area contributed by atoms with Crippen LogP contribution in [0.15, 0.2) is 91.3 Å². The number of carbonyl (C=O) groups is 1. The number of alkyl halides is 3. The molecule has 4 aromatic rings. The number of thiocarbonyl (C=S) groups is 1. The molecule has 1 aliphatic heterocycles. The number of ether oxygens (including phenoxy) is 1. The predicted octanol–water partition coefficient (Wildman–Crippen LogP) is 5.90. The number of pyridine rings is 1. The molecule has 2 atom stereocenters. The van der Waals surface area contributed by atoms with Gasteiger partial charge in [-0.1, -0.05) is 24.3 Å². The largest absolute Gasteiger partial charge is 0.495 e. The first-order valence-corrected chi connectivity index (χ1v) is 12.9. The highest BCUT2D eigenvalue weighted by atomic mass is 32.1. The van der Waals surface area contributed by atoms with Crippen LogP contribution >= 0.6 is 12.2 Å². The third kappa shape index (κ3) is 5.64. The molecule has 2 N–H and O–H groups in total. The number of hydrogen-bond donors (Lipinski definition) is 2. The van der Waals surface area contributed by atoms with E-state index >= 15 is 0 Å². The molecule has 40 heavy (non-hydrogen) atoms. The van der Waals surface area contributed by atoms with Crippen molar-refractivity contribution < 1.29 is 22.7 Å². The van der Waals surface area contributed by atoms with Crippen molar-refractivity contribution in [3.05, 3.63) is 108 Å². The second kappa shape index (κ2) is 11.4. The number of aromatic nitrogens is 2. The Morgan fingerprint density at radius 2 is 1.88 bits per heavy atom. The maximum absolute atomic E-state index is 13.5. The zero-order valence-corrected chi connectivity index (χ0v) is 22.2. The minimum absolute atomic E-state index is 0.107. The molecular weight excluding hydrogens is 539 g/mol. The van der Waals surface area contributed by atoms with Gasteiger partial charge in [0.2, 0.25) is 5.91 Å². The Morgan fingerprint density at radius 1 is 1.07 bits per heavy atom. The van der Waals surface area contributed by atoms with Crippen molar-refractivity contribution in [3.8, 4) is 11.4 Å². The predicted molar refractivity (Wildman–Crippen MR) is 149 cm³/mol. The average molecular weight is 566 g/mol. The fraction of sp³-hybridized carbons (Fsp3) is 0.207. The van der Waals surface area contributed by atoms with Crippen LogP contribution in [0.2, 0.25) is 0 Å². The normalized spacial score (nSPS) is 17.0. The van der Waals surface area contributed by atoms with Gasteiger partial charge in [0.05, 0.1) is 36.1 Å². The van der Waals surface area contributed by atoms with E-state index in [2.05, 4.69) is 15.6 Å². The van der Waals surface area contributed by atoms with Crippen molar-refractivity contribution >= 4 is 28.9 Å². The Bertz CT molecular complexity index is 1510. The van der Waals surface area contributed by atoms with Gasteiger partial charge in [-0.05, 0) is 66.8 Å². The van der Waals surface area contributed by atoms with Crippen LogP contribution in [0.3, 0.4) is 0 Å². The van der Waals surface area contributed by atoms with Crippen LogP contribution in [0.1, 0.15) is 35.5 Å². The molecule has 0 spiro atoms. The van der Waals surface area contributed by atoms with Gasteiger partial charge >= 0.3 is 6.18 Å². The second-order valence-corrected chi connectivity index (χ2v) is 9.56.